The van der Waals surface area contributed by atoms with Crippen LogP contribution in [0.3, 0.4) is 0 Å². The van der Waals surface area contributed by atoms with E-state index in [2.05, 4.69) is 10.1 Å². The summed E-state index contributed by atoms with van der Waals surface area (Å²) < 4.78 is 24.3. The minimum absolute atomic E-state index is 0.106. The van der Waals surface area contributed by atoms with Gasteiger partial charge in [0.2, 0.25) is 0 Å². The van der Waals surface area contributed by atoms with Crippen molar-refractivity contribution in [2.24, 2.45) is 0 Å². The highest BCUT2D eigenvalue weighted by Gasteiger charge is 2.31. The number of aromatic nitrogens is 4. The van der Waals surface area contributed by atoms with Crippen LogP contribution < -0.4 is 23.8 Å². The minimum atomic E-state index is -0.106. The average Bonchev–Trinajstić information content (AvgIpc) is 3.52. The summed E-state index contributed by atoms with van der Waals surface area (Å²) in [6, 6.07) is 11.3. The lowest BCUT2D eigenvalue weighted by atomic mass is 10.1. The molecular weight excluding hydrogens is 486 g/mol. The SMILES string of the molecule is COc1cc(-c2ccc3c(n2)CN(c2cnn(Cc4cccc5c4OCCCCO5)c2)C3=O)cnc1OC. The number of rotatable bonds is 6. The van der Waals surface area contributed by atoms with Gasteiger partial charge < -0.3 is 18.9 Å². The average molecular weight is 514 g/mol. The van der Waals surface area contributed by atoms with Crippen molar-refractivity contribution in [2.45, 2.75) is 25.9 Å². The number of nitrogens with zero attached hydrogens (tertiary/aromatic N) is 5. The van der Waals surface area contributed by atoms with Crippen molar-refractivity contribution < 1.29 is 23.7 Å². The predicted octanol–water partition coefficient (Wildman–Crippen LogP) is 4.12. The molecule has 0 spiro atoms. The number of para-hydroxylation sites is 1. The van der Waals surface area contributed by atoms with Crippen molar-refractivity contribution in [1.29, 1.82) is 0 Å². The maximum atomic E-state index is 13.2. The van der Waals surface area contributed by atoms with E-state index < -0.39 is 0 Å². The quantitative estimate of drug-likeness (QED) is 0.380. The Balaban J connectivity index is 1.22. The number of hydrogen-bond donors (Lipinski definition) is 0. The van der Waals surface area contributed by atoms with Gasteiger partial charge in [-0.15, -0.1) is 0 Å². The Morgan fingerprint density at radius 3 is 2.74 bits per heavy atom. The molecule has 2 aliphatic heterocycles. The Labute approximate surface area is 219 Å². The van der Waals surface area contributed by atoms with Crippen molar-refractivity contribution in [3.05, 3.63) is 71.8 Å². The second kappa shape index (κ2) is 10.0. The van der Waals surface area contributed by atoms with Crippen molar-refractivity contribution in [2.75, 3.05) is 32.3 Å². The van der Waals surface area contributed by atoms with Gasteiger partial charge in [-0.25, -0.2) is 4.98 Å². The van der Waals surface area contributed by atoms with Crippen LogP contribution in [-0.2, 0) is 13.1 Å². The molecule has 0 saturated heterocycles. The lowest BCUT2D eigenvalue weighted by Crippen LogP contribution is -2.22. The molecule has 1 amide bonds. The zero-order chi connectivity index (χ0) is 26.1. The number of amides is 1. The third kappa shape index (κ3) is 4.38. The number of hydrogen-bond acceptors (Lipinski definition) is 8. The Morgan fingerprint density at radius 2 is 1.89 bits per heavy atom. The van der Waals surface area contributed by atoms with E-state index in [1.54, 1.807) is 42.3 Å². The molecular formula is C28H27N5O5. The third-order valence-corrected chi connectivity index (χ3v) is 6.65. The van der Waals surface area contributed by atoms with Crippen LogP contribution in [0, 0.1) is 0 Å². The van der Waals surface area contributed by atoms with Gasteiger partial charge >= 0.3 is 0 Å². The smallest absolute Gasteiger partial charge is 0.260 e. The summed E-state index contributed by atoms with van der Waals surface area (Å²) in [5.74, 6) is 2.32. The first-order valence-corrected chi connectivity index (χ1v) is 12.4. The van der Waals surface area contributed by atoms with E-state index in [0.717, 1.165) is 35.5 Å². The van der Waals surface area contributed by atoms with Crippen molar-refractivity contribution >= 4 is 11.6 Å². The lowest BCUT2D eigenvalue weighted by molar-refractivity contribution is 0.0996. The van der Waals surface area contributed by atoms with Gasteiger partial charge in [-0.05, 0) is 37.1 Å². The van der Waals surface area contributed by atoms with Gasteiger partial charge in [-0.3, -0.25) is 19.4 Å². The van der Waals surface area contributed by atoms with E-state index in [1.165, 1.54) is 0 Å². The molecule has 6 rings (SSSR count). The summed E-state index contributed by atoms with van der Waals surface area (Å²) in [7, 11) is 3.10. The van der Waals surface area contributed by atoms with Crippen LogP contribution in [0.25, 0.3) is 11.3 Å². The fourth-order valence-electron chi connectivity index (χ4n) is 4.70. The van der Waals surface area contributed by atoms with Gasteiger partial charge in [-0.1, -0.05) is 12.1 Å². The Bertz CT molecular complexity index is 1500. The van der Waals surface area contributed by atoms with Crippen LogP contribution in [0.2, 0.25) is 0 Å². The van der Waals surface area contributed by atoms with E-state index in [4.69, 9.17) is 23.9 Å². The highest BCUT2D eigenvalue weighted by atomic mass is 16.5. The number of anilines is 1. The van der Waals surface area contributed by atoms with Crippen LogP contribution >= 0.6 is 0 Å². The number of carbonyl (C=O) groups is 1. The molecule has 3 aromatic heterocycles. The third-order valence-electron chi connectivity index (χ3n) is 6.65. The van der Waals surface area contributed by atoms with Gasteiger partial charge in [0.1, 0.15) is 0 Å². The number of pyridine rings is 2. The summed E-state index contributed by atoms with van der Waals surface area (Å²) in [4.78, 5) is 24.0. The van der Waals surface area contributed by atoms with Gasteiger partial charge in [0.25, 0.3) is 11.8 Å². The van der Waals surface area contributed by atoms with Crippen LogP contribution in [-0.4, -0.2) is 53.1 Å². The van der Waals surface area contributed by atoms with Gasteiger partial charge in [0.05, 0.1) is 69.4 Å². The molecule has 0 aliphatic carbocycles. The minimum Gasteiger partial charge on any atom is -0.491 e. The monoisotopic (exact) mass is 513 g/mol. The van der Waals surface area contributed by atoms with Gasteiger partial charge in [0.15, 0.2) is 17.2 Å². The summed E-state index contributed by atoms with van der Waals surface area (Å²) in [6.45, 7) is 2.19. The van der Waals surface area contributed by atoms with E-state index in [-0.39, 0.29) is 5.91 Å². The molecule has 0 N–H and O–H groups in total. The number of benzene rings is 1. The Kier molecular flexibility index (Phi) is 6.28. The zero-order valence-electron chi connectivity index (χ0n) is 21.2. The van der Waals surface area contributed by atoms with Gasteiger partial charge in [0, 0.05) is 23.5 Å². The maximum Gasteiger partial charge on any atom is 0.260 e. The van der Waals surface area contributed by atoms with Crippen LogP contribution in [0.5, 0.6) is 23.1 Å². The maximum absolute atomic E-state index is 13.2. The van der Waals surface area contributed by atoms with E-state index in [1.807, 2.05) is 36.5 Å². The normalized spacial score (nSPS) is 14.6. The number of methoxy groups -OCH3 is 2. The van der Waals surface area contributed by atoms with Crippen LogP contribution in [0.1, 0.15) is 34.5 Å². The van der Waals surface area contributed by atoms with Crippen LogP contribution in [0.15, 0.2) is 55.0 Å². The topological polar surface area (TPSA) is 101 Å². The number of carbonyl (C=O) groups excluding carboxylic acids is 1. The van der Waals surface area contributed by atoms with Crippen molar-refractivity contribution in [3.63, 3.8) is 0 Å². The fraction of sp³-hybridized carbons (Fsp3) is 0.286. The van der Waals surface area contributed by atoms with E-state index in [9.17, 15) is 4.79 Å². The first-order valence-electron chi connectivity index (χ1n) is 12.4. The molecule has 10 heteroatoms. The second-order valence-electron chi connectivity index (χ2n) is 9.06. The highest BCUT2D eigenvalue weighted by molar-refractivity contribution is 6.09. The number of ether oxygens (including phenoxy) is 4. The molecule has 4 aromatic rings. The number of fused-ring (bicyclic) bond motifs is 2. The first-order chi connectivity index (χ1) is 18.6. The molecule has 5 heterocycles. The highest BCUT2D eigenvalue weighted by Crippen LogP contribution is 2.35. The van der Waals surface area contributed by atoms with Crippen LogP contribution in [0.4, 0.5) is 5.69 Å². The zero-order valence-corrected chi connectivity index (χ0v) is 21.2. The van der Waals surface area contributed by atoms with Gasteiger partial charge in [-0.2, -0.15) is 5.10 Å². The van der Waals surface area contributed by atoms with E-state index in [0.29, 0.717) is 60.6 Å². The molecule has 1 aromatic carbocycles. The first kappa shape index (κ1) is 23.8. The molecule has 2 aliphatic rings. The lowest BCUT2D eigenvalue weighted by Gasteiger charge is -2.19. The Hall–Kier alpha value is -4.60. The molecule has 0 unspecified atom stereocenters. The molecule has 38 heavy (non-hydrogen) atoms. The standard InChI is InChI=1S/C28H27N5O5/c1-35-25-12-19(13-29-27(25)36-2)22-9-8-21-23(31-22)17-33(28(21)34)20-14-30-32(16-20)15-18-6-5-7-24-26(18)38-11-4-3-10-37-24/h5-9,12-14,16H,3-4,10-11,15,17H2,1-2H3. The predicted molar refractivity (Wildman–Crippen MR) is 139 cm³/mol. The molecule has 0 saturated carbocycles. The summed E-state index contributed by atoms with van der Waals surface area (Å²) in [5, 5.41) is 4.52. The molecule has 0 radical (unpaired) electrons. The second-order valence-corrected chi connectivity index (χ2v) is 9.06. The molecule has 0 atom stereocenters. The summed E-state index contributed by atoms with van der Waals surface area (Å²) >= 11 is 0. The van der Waals surface area contributed by atoms with Crippen molar-refractivity contribution in [1.82, 2.24) is 19.7 Å². The molecule has 0 fully saturated rings. The van der Waals surface area contributed by atoms with Crippen molar-refractivity contribution in [3.8, 4) is 34.4 Å². The summed E-state index contributed by atoms with van der Waals surface area (Å²) in [5.41, 5.74) is 4.43. The Morgan fingerprint density at radius 1 is 1.03 bits per heavy atom. The molecule has 0 bridgehead atoms. The largest absolute Gasteiger partial charge is 0.491 e. The molecule has 10 nitrogen and oxygen atoms in total. The fourth-order valence-corrected chi connectivity index (χ4v) is 4.70. The van der Waals surface area contributed by atoms with E-state index >= 15 is 0 Å². The molecule has 194 valence electrons. The summed E-state index contributed by atoms with van der Waals surface area (Å²) in [6.07, 6.45) is 7.17.